The molecule has 0 aromatic heterocycles. The molecule has 0 saturated heterocycles. The summed E-state index contributed by atoms with van der Waals surface area (Å²) in [6.07, 6.45) is 14.4. The first-order chi connectivity index (χ1) is 21.2. The maximum absolute atomic E-state index is 13.2. The molecule has 0 amide bonds. The molecule has 0 aliphatic rings. The molecule has 0 aliphatic heterocycles. The molecule has 0 bridgehead atoms. The summed E-state index contributed by atoms with van der Waals surface area (Å²) in [4.78, 5) is 0. The first-order valence-electron chi connectivity index (χ1n) is 18.2. The van der Waals surface area contributed by atoms with Gasteiger partial charge in [-0.15, -0.1) is 0 Å². The number of unbranched alkanes of at least 4 members (excludes halogenated alkanes) is 10. The van der Waals surface area contributed by atoms with E-state index in [0.717, 1.165) is 47.9 Å². The fourth-order valence-electron chi connectivity index (χ4n) is 5.96. The molecule has 256 valence electrons. The van der Waals surface area contributed by atoms with Gasteiger partial charge in [0.2, 0.25) is 0 Å². The first kappa shape index (κ1) is 39.1. The fourth-order valence-corrected chi connectivity index (χ4v) is 5.96. The molecular weight excluding hydrogens is 554 g/mol. The molecule has 1 unspecified atom stereocenters. The Balaban J connectivity index is 2.64. The Labute approximate surface area is 277 Å². The van der Waals surface area contributed by atoms with Crippen molar-refractivity contribution in [1.29, 1.82) is 0 Å². The van der Waals surface area contributed by atoms with Gasteiger partial charge in [0.25, 0.3) is 0 Å². The zero-order valence-electron chi connectivity index (χ0n) is 30.9. The predicted molar refractivity (Wildman–Crippen MR) is 194 cm³/mol. The summed E-state index contributed by atoms with van der Waals surface area (Å²) in [6, 6.07) is 12.1. The number of nitrogens with two attached hydrogens (primary N) is 1. The topological polar surface area (TPSA) is 64.7 Å². The fraction of sp³-hybridized carbons (Fsp3) is 0.707. The SMILES string of the molecule is CCCCCCCCOc1ccc(C(C)(C)C)cc1C(O)(c1cc(C(C)(C)C)ccc1OCCCCCCCC)C(N)C(C)C. The number of rotatable bonds is 20. The Morgan fingerprint density at radius 2 is 0.956 bits per heavy atom. The van der Waals surface area contributed by atoms with Gasteiger partial charge >= 0.3 is 0 Å². The Bertz CT molecular complexity index is 1050. The molecule has 0 fully saturated rings. The summed E-state index contributed by atoms with van der Waals surface area (Å²) in [5.74, 6) is 1.42. The van der Waals surface area contributed by atoms with Crippen molar-refractivity contribution in [3.8, 4) is 11.5 Å². The average Bonchev–Trinajstić information content (AvgIpc) is 2.98. The van der Waals surface area contributed by atoms with Crippen LogP contribution in [-0.4, -0.2) is 24.4 Å². The molecule has 0 aliphatic carbocycles. The Kier molecular flexibility index (Phi) is 15.9. The van der Waals surface area contributed by atoms with Gasteiger partial charge < -0.3 is 20.3 Å². The molecule has 2 aromatic rings. The van der Waals surface area contributed by atoms with E-state index in [1.165, 1.54) is 51.4 Å². The van der Waals surface area contributed by atoms with Gasteiger partial charge in [-0.1, -0.05) is 146 Å². The summed E-state index contributed by atoms with van der Waals surface area (Å²) in [6.45, 7) is 23.1. The van der Waals surface area contributed by atoms with Crippen LogP contribution >= 0.6 is 0 Å². The molecule has 0 spiro atoms. The largest absolute Gasteiger partial charge is 0.493 e. The third-order valence-electron chi connectivity index (χ3n) is 9.22. The Morgan fingerprint density at radius 1 is 0.600 bits per heavy atom. The Morgan fingerprint density at radius 3 is 1.29 bits per heavy atom. The normalized spacial score (nSPS) is 13.4. The van der Waals surface area contributed by atoms with E-state index in [1.54, 1.807) is 0 Å². The molecule has 0 radical (unpaired) electrons. The summed E-state index contributed by atoms with van der Waals surface area (Å²) in [5.41, 5.74) is 9.10. The summed E-state index contributed by atoms with van der Waals surface area (Å²) < 4.78 is 13.1. The second-order valence-corrected chi connectivity index (χ2v) is 15.7. The van der Waals surface area contributed by atoms with Gasteiger partial charge in [-0.2, -0.15) is 0 Å². The zero-order chi connectivity index (χ0) is 33.7. The lowest BCUT2D eigenvalue weighted by atomic mass is 9.72. The molecule has 4 nitrogen and oxygen atoms in total. The quantitative estimate of drug-likeness (QED) is 0.144. The van der Waals surface area contributed by atoms with Crippen molar-refractivity contribution < 1.29 is 14.6 Å². The van der Waals surface area contributed by atoms with Crippen LogP contribution in [0.3, 0.4) is 0 Å². The molecule has 45 heavy (non-hydrogen) atoms. The predicted octanol–water partition coefficient (Wildman–Crippen LogP) is 11.0. The Hall–Kier alpha value is -2.04. The van der Waals surface area contributed by atoms with E-state index in [4.69, 9.17) is 15.2 Å². The average molecular weight is 624 g/mol. The molecule has 3 N–H and O–H groups in total. The first-order valence-corrected chi connectivity index (χ1v) is 18.2. The lowest BCUT2D eigenvalue weighted by Gasteiger charge is -2.40. The summed E-state index contributed by atoms with van der Waals surface area (Å²) >= 11 is 0. The lowest BCUT2D eigenvalue weighted by Crippen LogP contribution is -2.50. The van der Waals surface area contributed by atoms with Crippen molar-refractivity contribution in [3.05, 3.63) is 58.7 Å². The van der Waals surface area contributed by atoms with Gasteiger partial charge in [0.05, 0.1) is 13.2 Å². The van der Waals surface area contributed by atoms with Crippen molar-refractivity contribution in [2.75, 3.05) is 13.2 Å². The maximum Gasteiger partial charge on any atom is 0.137 e. The van der Waals surface area contributed by atoms with Gasteiger partial charge in [0.1, 0.15) is 17.1 Å². The minimum atomic E-state index is -1.52. The number of aliphatic hydroxyl groups is 1. The van der Waals surface area contributed by atoms with E-state index < -0.39 is 11.6 Å². The van der Waals surface area contributed by atoms with E-state index in [9.17, 15) is 5.11 Å². The van der Waals surface area contributed by atoms with Crippen molar-refractivity contribution in [2.45, 2.75) is 169 Å². The van der Waals surface area contributed by atoms with Crippen LogP contribution in [0.1, 0.15) is 169 Å². The highest BCUT2D eigenvalue weighted by Gasteiger charge is 2.45. The van der Waals surface area contributed by atoms with Gasteiger partial charge in [0, 0.05) is 17.2 Å². The van der Waals surface area contributed by atoms with Crippen molar-refractivity contribution >= 4 is 0 Å². The minimum Gasteiger partial charge on any atom is -0.493 e. The van der Waals surface area contributed by atoms with Gasteiger partial charge in [-0.05, 0) is 65.0 Å². The lowest BCUT2D eigenvalue weighted by molar-refractivity contribution is 0.0294. The van der Waals surface area contributed by atoms with E-state index in [0.29, 0.717) is 24.7 Å². The zero-order valence-corrected chi connectivity index (χ0v) is 30.9. The smallest absolute Gasteiger partial charge is 0.137 e. The molecule has 1 atom stereocenters. The van der Waals surface area contributed by atoms with Crippen molar-refractivity contribution in [2.24, 2.45) is 11.7 Å². The van der Waals surface area contributed by atoms with Crippen LogP contribution in [0.5, 0.6) is 11.5 Å². The maximum atomic E-state index is 13.2. The highest BCUT2D eigenvalue weighted by atomic mass is 16.5. The molecule has 0 saturated carbocycles. The van der Waals surface area contributed by atoms with Gasteiger partial charge in [-0.3, -0.25) is 0 Å². The number of ether oxygens (including phenoxy) is 2. The minimum absolute atomic E-state index is 0.00409. The second-order valence-electron chi connectivity index (χ2n) is 15.7. The second kappa shape index (κ2) is 18.3. The van der Waals surface area contributed by atoms with E-state index >= 15 is 0 Å². The molecule has 2 rings (SSSR count). The van der Waals surface area contributed by atoms with Gasteiger partial charge in [-0.25, -0.2) is 0 Å². The summed E-state index contributed by atoms with van der Waals surface area (Å²) in [5, 5.41) is 13.2. The standard InChI is InChI=1S/C41H69NO3/c1-11-13-15-17-19-21-27-44-36-25-23-32(39(5,6)7)29-34(36)41(43,38(42)31(3)4)35-30-33(40(8,9)10)24-26-37(35)45-28-22-20-18-16-14-12-2/h23-26,29-31,38,43H,11-22,27-28,42H2,1-10H3. The van der Waals surface area contributed by atoms with Crippen molar-refractivity contribution in [1.82, 2.24) is 0 Å². The van der Waals surface area contributed by atoms with Crippen LogP contribution in [0.4, 0.5) is 0 Å². The van der Waals surface area contributed by atoms with E-state index in [-0.39, 0.29) is 16.7 Å². The molecule has 4 heteroatoms. The third-order valence-corrected chi connectivity index (χ3v) is 9.22. The van der Waals surface area contributed by atoms with E-state index in [2.05, 4.69) is 106 Å². The van der Waals surface area contributed by atoms with Crippen LogP contribution in [0.25, 0.3) is 0 Å². The van der Waals surface area contributed by atoms with E-state index in [1.807, 2.05) is 0 Å². The molecule has 2 aromatic carbocycles. The van der Waals surface area contributed by atoms with Crippen molar-refractivity contribution in [3.63, 3.8) is 0 Å². The van der Waals surface area contributed by atoms with Crippen LogP contribution in [0.2, 0.25) is 0 Å². The molecular formula is C41H69NO3. The van der Waals surface area contributed by atoms with Crippen LogP contribution in [0.15, 0.2) is 36.4 Å². The van der Waals surface area contributed by atoms with Crippen LogP contribution < -0.4 is 15.2 Å². The van der Waals surface area contributed by atoms with Gasteiger partial charge in [0.15, 0.2) is 0 Å². The van der Waals surface area contributed by atoms with Crippen LogP contribution in [0, 0.1) is 5.92 Å². The third kappa shape index (κ3) is 11.6. The van der Waals surface area contributed by atoms with Crippen LogP contribution in [-0.2, 0) is 16.4 Å². The number of benzene rings is 2. The summed E-state index contributed by atoms with van der Waals surface area (Å²) in [7, 11) is 0. The molecule has 0 heterocycles. The highest BCUT2D eigenvalue weighted by Crippen LogP contribution is 2.46. The monoisotopic (exact) mass is 624 g/mol. The number of hydrogen-bond acceptors (Lipinski definition) is 4. The highest BCUT2D eigenvalue weighted by molar-refractivity contribution is 5.54. The number of hydrogen-bond donors (Lipinski definition) is 2.